The van der Waals surface area contributed by atoms with Crippen LogP contribution in [0.5, 0.6) is 0 Å². The fourth-order valence-corrected chi connectivity index (χ4v) is 5.91. The molecular weight excluding hydrogens is 388 g/mol. The summed E-state index contributed by atoms with van der Waals surface area (Å²) < 4.78 is 2.38. The molecule has 0 bridgehead atoms. The summed E-state index contributed by atoms with van der Waals surface area (Å²) in [5.74, 6) is 0.961. The lowest BCUT2D eigenvalue weighted by atomic mass is 9.80. The number of fused-ring (bicyclic) bond motifs is 10. The van der Waals surface area contributed by atoms with E-state index in [0.29, 0.717) is 0 Å². The maximum atomic E-state index is 4.79. The average Bonchev–Trinajstić information content (AvgIpc) is 3.30. The Labute approximate surface area is 186 Å². The highest BCUT2D eigenvalue weighted by molar-refractivity contribution is 6.26. The molecule has 0 spiro atoms. The van der Waals surface area contributed by atoms with Crippen molar-refractivity contribution >= 4 is 32.6 Å². The number of para-hydroxylation sites is 1. The van der Waals surface area contributed by atoms with E-state index in [4.69, 9.17) is 4.98 Å². The van der Waals surface area contributed by atoms with Gasteiger partial charge in [-0.15, -0.1) is 0 Å². The first kappa shape index (κ1) is 17.7. The number of hydrogen-bond acceptors (Lipinski definition) is 1. The van der Waals surface area contributed by atoms with Crippen LogP contribution in [0.15, 0.2) is 97.2 Å². The summed E-state index contributed by atoms with van der Waals surface area (Å²) in [6.45, 7) is 4.73. The molecule has 6 aromatic rings. The van der Waals surface area contributed by atoms with Crippen molar-refractivity contribution in [2.75, 3.05) is 0 Å². The molecule has 7 rings (SSSR count). The molecule has 0 saturated carbocycles. The quantitative estimate of drug-likeness (QED) is 0.272. The first-order chi connectivity index (χ1) is 15.7. The van der Waals surface area contributed by atoms with Crippen LogP contribution >= 0.6 is 0 Å². The highest BCUT2D eigenvalue weighted by atomic mass is 15.1. The van der Waals surface area contributed by atoms with Crippen LogP contribution in [0.3, 0.4) is 0 Å². The zero-order chi connectivity index (χ0) is 21.4. The monoisotopic (exact) mass is 410 g/mol. The Morgan fingerprint density at radius 1 is 0.688 bits per heavy atom. The number of pyridine rings is 1. The molecule has 32 heavy (non-hydrogen) atoms. The molecule has 2 heterocycles. The maximum Gasteiger partial charge on any atom is 0.137 e. The normalized spacial score (nSPS) is 14.2. The van der Waals surface area contributed by atoms with Crippen molar-refractivity contribution in [3.63, 3.8) is 0 Å². The minimum Gasteiger partial charge on any atom is -0.293 e. The molecular formula is C30H22N2. The zero-order valence-corrected chi connectivity index (χ0v) is 18.1. The molecule has 0 amide bonds. The van der Waals surface area contributed by atoms with E-state index < -0.39 is 0 Å². The molecule has 2 nitrogen and oxygen atoms in total. The smallest absolute Gasteiger partial charge is 0.137 e. The van der Waals surface area contributed by atoms with E-state index in [1.54, 1.807) is 0 Å². The molecule has 1 aliphatic carbocycles. The Balaban J connectivity index is 1.84. The number of aromatic nitrogens is 2. The molecule has 1 aliphatic rings. The minimum atomic E-state index is -0.116. The van der Waals surface area contributed by atoms with Gasteiger partial charge < -0.3 is 0 Å². The summed E-state index contributed by atoms with van der Waals surface area (Å²) in [5, 5.41) is 5.23. The van der Waals surface area contributed by atoms with E-state index in [0.717, 1.165) is 5.82 Å². The molecule has 2 heteroatoms. The van der Waals surface area contributed by atoms with Crippen LogP contribution in [0, 0.1) is 0 Å². The molecule has 0 atom stereocenters. The fraction of sp³-hybridized carbons (Fsp3) is 0.100. The second-order valence-electron chi connectivity index (χ2n) is 9.23. The lowest BCUT2D eigenvalue weighted by Gasteiger charge is -2.24. The van der Waals surface area contributed by atoms with Crippen LogP contribution in [0.4, 0.5) is 0 Å². The first-order valence-corrected chi connectivity index (χ1v) is 11.2. The van der Waals surface area contributed by atoms with Crippen molar-refractivity contribution in [1.29, 1.82) is 0 Å². The lowest BCUT2D eigenvalue weighted by molar-refractivity contribution is 0.664. The average molecular weight is 411 g/mol. The number of benzene rings is 4. The largest absolute Gasteiger partial charge is 0.293 e. The summed E-state index contributed by atoms with van der Waals surface area (Å²) in [7, 11) is 0. The first-order valence-electron chi connectivity index (χ1n) is 11.2. The fourth-order valence-electron chi connectivity index (χ4n) is 5.91. The summed E-state index contributed by atoms with van der Waals surface area (Å²) in [4.78, 5) is 4.79. The molecule has 152 valence electrons. The van der Waals surface area contributed by atoms with Gasteiger partial charge in [0.15, 0.2) is 0 Å². The standard InChI is InChI=1S/C30H22N2/c1-30(2)23-15-7-5-13-21(23)26-19-11-3-4-12-20(19)27-22-14-6-8-16-24(22)32(29(27)28(26)30)25-17-9-10-18-31-25/h3-18H,1-2H3. The van der Waals surface area contributed by atoms with Crippen LogP contribution in [0.25, 0.3) is 49.5 Å². The minimum absolute atomic E-state index is 0.116. The van der Waals surface area contributed by atoms with Crippen molar-refractivity contribution in [3.8, 4) is 16.9 Å². The van der Waals surface area contributed by atoms with Gasteiger partial charge in [0.25, 0.3) is 0 Å². The van der Waals surface area contributed by atoms with Crippen LogP contribution in [-0.4, -0.2) is 9.55 Å². The van der Waals surface area contributed by atoms with Gasteiger partial charge in [-0.2, -0.15) is 0 Å². The van der Waals surface area contributed by atoms with E-state index in [2.05, 4.69) is 103 Å². The van der Waals surface area contributed by atoms with Crippen molar-refractivity contribution in [2.24, 2.45) is 0 Å². The van der Waals surface area contributed by atoms with Crippen molar-refractivity contribution in [3.05, 3.63) is 108 Å². The van der Waals surface area contributed by atoms with Gasteiger partial charge in [0.2, 0.25) is 0 Å². The number of nitrogens with zero attached hydrogens (tertiary/aromatic N) is 2. The second kappa shape index (κ2) is 6.08. The van der Waals surface area contributed by atoms with Crippen molar-refractivity contribution in [1.82, 2.24) is 9.55 Å². The van der Waals surface area contributed by atoms with Gasteiger partial charge in [-0.05, 0) is 51.2 Å². The van der Waals surface area contributed by atoms with Gasteiger partial charge >= 0.3 is 0 Å². The third-order valence-electron chi connectivity index (χ3n) is 7.20. The number of hydrogen-bond donors (Lipinski definition) is 0. The zero-order valence-electron chi connectivity index (χ0n) is 18.1. The predicted octanol–water partition coefficient (Wildman–Crippen LogP) is 7.64. The van der Waals surface area contributed by atoms with Crippen molar-refractivity contribution < 1.29 is 0 Å². The van der Waals surface area contributed by atoms with Crippen LogP contribution < -0.4 is 0 Å². The molecule has 0 aliphatic heterocycles. The lowest BCUT2D eigenvalue weighted by Crippen LogP contribution is -2.16. The Bertz CT molecular complexity index is 1690. The predicted molar refractivity (Wildman–Crippen MR) is 134 cm³/mol. The Hall–Kier alpha value is -3.91. The van der Waals surface area contributed by atoms with Gasteiger partial charge in [0.1, 0.15) is 5.82 Å². The van der Waals surface area contributed by atoms with Crippen LogP contribution in [0.2, 0.25) is 0 Å². The van der Waals surface area contributed by atoms with E-state index in [1.165, 1.54) is 54.8 Å². The summed E-state index contributed by atoms with van der Waals surface area (Å²) in [6, 6.07) is 32.7. The Morgan fingerprint density at radius 2 is 1.38 bits per heavy atom. The van der Waals surface area contributed by atoms with E-state index in [-0.39, 0.29) is 5.41 Å². The van der Waals surface area contributed by atoms with E-state index in [1.807, 2.05) is 12.3 Å². The third-order valence-corrected chi connectivity index (χ3v) is 7.20. The highest BCUT2D eigenvalue weighted by Gasteiger charge is 2.40. The van der Waals surface area contributed by atoms with Crippen LogP contribution in [-0.2, 0) is 5.41 Å². The van der Waals surface area contributed by atoms with E-state index >= 15 is 0 Å². The van der Waals surface area contributed by atoms with Gasteiger partial charge in [-0.25, -0.2) is 4.98 Å². The van der Waals surface area contributed by atoms with Crippen molar-refractivity contribution in [2.45, 2.75) is 19.3 Å². The summed E-state index contributed by atoms with van der Waals surface area (Å²) >= 11 is 0. The van der Waals surface area contributed by atoms with Gasteiger partial charge in [-0.1, -0.05) is 86.6 Å². The highest BCUT2D eigenvalue weighted by Crippen LogP contribution is 2.56. The molecule has 0 N–H and O–H groups in total. The second-order valence-corrected chi connectivity index (χ2v) is 9.23. The molecule has 0 fully saturated rings. The number of rotatable bonds is 1. The van der Waals surface area contributed by atoms with Gasteiger partial charge in [0, 0.05) is 22.4 Å². The third kappa shape index (κ3) is 2.07. The molecule has 0 saturated heterocycles. The van der Waals surface area contributed by atoms with Crippen LogP contribution in [0.1, 0.15) is 25.0 Å². The topological polar surface area (TPSA) is 17.8 Å². The maximum absolute atomic E-state index is 4.79. The molecule has 2 aromatic heterocycles. The summed E-state index contributed by atoms with van der Waals surface area (Å²) in [6.07, 6.45) is 1.89. The molecule has 0 unspecified atom stereocenters. The van der Waals surface area contributed by atoms with Gasteiger partial charge in [-0.3, -0.25) is 4.57 Å². The Kier molecular flexibility index (Phi) is 3.37. The SMILES string of the molecule is CC1(C)c2ccccc2-c2c1c1c(c3ccccc23)c2ccccc2n1-c1ccccn1. The Morgan fingerprint density at radius 3 is 2.19 bits per heavy atom. The summed E-state index contributed by atoms with van der Waals surface area (Å²) in [5.41, 5.74) is 7.87. The molecule has 4 aromatic carbocycles. The molecule has 0 radical (unpaired) electrons. The van der Waals surface area contributed by atoms with Gasteiger partial charge in [0.05, 0.1) is 11.0 Å². The van der Waals surface area contributed by atoms with E-state index in [9.17, 15) is 0 Å².